The molecule has 2 atom stereocenters. The van der Waals surface area contributed by atoms with E-state index in [1.54, 1.807) is 13.1 Å². The van der Waals surface area contributed by atoms with Gasteiger partial charge < -0.3 is 14.8 Å². The van der Waals surface area contributed by atoms with Gasteiger partial charge in [0.25, 0.3) is 5.91 Å². The first-order valence-electron chi connectivity index (χ1n) is 11.0. The van der Waals surface area contributed by atoms with Crippen molar-refractivity contribution in [2.24, 2.45) is 0 Å². The van der Waals surface area contributed by atoms with E-state index >= 15 is 0 Å². The number of aromatic nitrogens is 2. The third-order valence-corrected chi connectivity index (χ3v) is 6.57. The Bertz CT molecular complexity index is 1160. The highest BCUT2D eigenvalue weighted by atomic mass is 32.1. The number of nitrogens with zero attached hydrogens (tertiary/aromatic N) is 3. The fourth-order valence-electron chi connectivity index (χ4n) is 3.98. The van der Waals surface area contributed by atoms with E-state index in [-0.39, 0.29) is 24.5 Å². The van der Waals surface area contributed by atoms with E-state index in [4.69, 9.17) is 14.5 Å². The van der Waals surface area contributed by atoms with Crippen LogP contribution >= 0.6 is 11.3 Å². The minimum atomic E-state index is -0.663. The van der Waals surface area contributed by atoms with E-state index in [9.17, 15) is 9.59 Å². The maximum atomic E-state index is 12.9. The lowest BCUT2D eigenvalue weighted by molar-refractivity contribution is -0.128. The van der Waals surface area contributed by atoms with Crippen LogP contribution in [0.15, 0.2) is 48.0 Å². The van der Waals surface area contributed by atoms with Gasteiger partial charge in [-0.15, -0.1) is 11.3 Å². The summed E-state index contributed by atoms with van der Waals surface area (Å²) in [5, 5.41) is 5.66. The number of pyridine rings is 1. The number of amides is 2. The summed E-state index contributed by atoms with van der Waals surface area (Å²) < 4.78 is 11.4. The Labute approximate surface area is 195 Å². The molecule has 170 valence electrons. The lowest BCUT2D eigenvalue weighted by Crippen LogP contribution is -2.49. The molecule has 1 fully saturated rings. The Kier molecular flexibility index (Phi) is 6.06. The number of carbonyl (C=O) groups excluding carboxylic acids is 2. The van der Waals surface area contributed by atoms with Crippen LogP contribution in [0.25, 0.3) is 22.0 Å². The largest absolute Gasteiger partial charge is 0.479 e. The Morgan fingerprint density at radius 2 is 2.18 bits per heavy atom. The second-order valence-electron chi connectivity index (χ2n) is 8.06. The van der Waals surface area contributed by atoms with Crippen molar-refractivity contribution in [2.45, 2.75) is 32.0 Å². The van der Waals surface area contributed by atoms with Gasteiger partial charge in [0.05, 0.1) is 23.2 Å². The number of thiazole rings is 1. The topological polar surface area (TPSA) is 93.7 Å². The number of hydrogen-bond acceptors (Lipinski definition) is 7. The van der Waals surface area contributed by atoms with Crippen LogP contribution in [0, 0.1) is 0 Å². The van der Waals surface area contributed by atoms with E-state index in [0.29, 0.717) is 18.0 Å². The summed E-state index contributed by atoms with van der Waals surface area (Å²) in [6, 6.07) is 11.3. The lowest BCUT2D eigenvalue weighted by Gasteiger charge is -2.33. The third kappa shape index (κ3) is 4.60. The number of anilines is 1. The quantitative estimate of drug-likeness (QED) is 0.602. The lowest BCUT2D eigenvalue weighted by atomic mass is 10.1. The smallest absolute Gasteiger partial charge is 0.268 e. The molecule has 0 radical (unpaired) electrons. The van der Waals surface area contributed by atoms with Gasteiger partial charge in [-0.25, -0.2) is 4.98 Å². The van der Waals surface area contributed by atoms with Gasteiger partial charge in [-0.3, -0.25) is 19.5 Å². The molecule has 2 aliphatic heterocycles. The van der Waals surface area contributed by atoms with Crippen molar-refractivity contribution in [1.29, 1.82) is 0 Å². The summed E-state index contributed by atoms with van der Waals surface area (Å²) in [5.41, 5.74) is 2.99. The van der Waals surface area contributed by atoms with Gasteiger partial charge in [0.1, 0.15) is 17.3 Å². The molecule has 2 unspecified atom stereocenters. The molecule has 33 heavy (non-hydrogen) atoms. The number of fused-ring (bicyclic) bond motifs is 1. The molecule has 5 rings (SSSR count). The summed E-state index contributed by atoms with van der Waals surface area (Å²) in [5.74, 6) is 0.0905. The fraction of sp³-hybridized carbons (Fsp3) is 0.333. The van der Waals surface area contributed by atoms with Crippen LogP contribution in [0.4, 0.5) is 5.69 Å². The molecular formula is C24H24N4O4S. The number of rotatable bonds is 6. The van der Waals surface area contributed by atoms with E-state index in [1.807, 2.05) is 41.8 Å². The maximum absolute atomic E-state index is 12.9. The molecule has 2 aromatic heterocycles. The van der Waals surface area contributed by atoms with Gasteiger partial charge in [-0.1, -0.05) is 6.07 Å². The Morgan fingerprint density at radius 1 is 1.27 bits per heavy atom. The number of carbonyl (C=O) groups is 2. The molecule has 1 saturated heterocycles. The number of hydrogen-bond donors (Lipinski definition) is 1. The fourth-order valence-corrected chi connectivity index (χ4v) is 4.78. The van der Waals surface area contributed by atoms with Crippen LogP contribution in [0.1, 0.15) is 19.8 Å². The van der Waals surface area contributed by atoms with Crippen molar-refractivity contribution in [3.8, 4) is 27.7 Å². The molecule has 3 aromatic rings. The molecule has 9 heteroatoms. The van der Waals surface area contributed by atoms with Crippen LogP contribution < -0.4 is 15.0 Å². The average Bonchev–Trinajstić information content (AvgIpc) is 3.54. The Hall–Kier alpha value is -3.30. The molecule has 2 aliphatic rings. The third-order valence-electron chi connectivity index (χ3n) is 5.70. The first kappa shape index (κ1) is 21.5. The van der Waals surface area contributed by atoms with Crippen molar-refractivity contribution in [2.75, 3.05) is 24.6 Å². The zero-order valence-electron chi connectivity index (χ0n) is 18.2. The predicted octanol–water partition coefficient (Wildman–Crippen LogP) is 3.28. The van der Waals surface area contributed by atoms with Crippen LogP contribution in [0.3, 0.4) is 0 Å². The van der Waals surface area contributed by atoms with Gasteiger partial charge in [0.15, 0.2) is 6.10 Å². The minimum absolute atomic E-state index is 0.0464. The zero-order chi connectivity index (χ0) is 22.8. The van der Waals surface area contributed by atoms with Crippen LogP contribution in [-0.4, -0.2) is 53.7 Å². The van der Waals surface area contributed by atoms with E-state index in [2.05, 4.69) is 10.3 Å². The summed E-state index contributed by atoms with van der Waals surface area (Å²) >= 11 is 1.50. The monoisotopic (exact) mass is 464 g/mol. The number of nitrogens with one attached hydrogen (secondary N) is 1. The normalized spacial score (nSPS) is 19.8. The van der Waals surface area contributed by atoms with Crippen LogP contribution in [-0.2, 0) is 14.3 Å². The van der Waals surface area contributed by atoms with Crippen molar-refractivity contribution >= 4 is 28.8 Å². The van der Waals surface area contributed by atoms with E-state index in [1.165, 1.54) is 16.2 Å². The maximum Gasteiger partial charge on any atom is 0.268 e. The first-order valence-corrected chi connectivity index (χ1v) is 11.8. The molecule has 0 aliphatic carbocycles. The van der Waals surface area contributed by atoms with E-state index in [0.717, 1.165) is 41.4 Å². The Morgan fingerprint density at radius 3 is 2.97 bits per heavy atom. The van der Waals surface area contributed by atoms with Crippen molar-refractivity contribution in [1.82, 2.24) is 15.3 Å². The average molecular weight is 465 g/mol. The predicted molar refractivity (Wildman–Crippen MR) is 125 cm³/mol. The Balaban J connectivity index is 1.38. The highest BCUT2D eigenvalue weighted by Gasteiger charge is 2.33. The summed E-state index contributed by atoms with van der Waals surface area (Å²) in [6.07, 6.45) is 3.07. The van der Waals surface area contributed by atoms with Gasteiger partial charge >= 0.3 is 0 Å². The molecule has 0 bridgehead atoms. The second kappa shape index (κ2) is 9.29. The van der Waals surface area contributed by atoms with Crippen molar-refractivity contribution < 1.29 is 19.1 Å². The van der Waals surface area contributed by atoms with Crippen LogP contribution in [0.5, 0.6) is 5.75 Å². The molecule has 1 N–H and O–H groups in total. The summed E-state index contributed by atoms with van der Waals surface area (Å²) in [6.45, 7) is 2.80. The first-order chi connectivity index (χ1) is 16.1. The van der Waals surface area contributed by atoms with Crippen molar-refractivity contribution in [3.05, 3.63) is 48.0 Å². The molecule has 0 saturated carbocycles. The van der Waals surface area contributed by atoms with Gasteiger partial charge in [0.2, 0.25) is 5.91 Å². The molecular weight excluding hydrogens is 440 g/mol. The van der Waals surface area contributed by atoms with E-state index < -0.39 is 6.10 Å². The molecule has 2 amide bonds. The SMILES string of the molecule is CC1Oc2ccc(-c3csc(-c4ccccn4)n3)cc2N(CC(=O)NCC2CCCO2)C1=O. The van der Waals surface area contributed by atoms with Crippen molar-refractivity contribution in [3.63, 3.8) is 0 Å². The molecule has 0 spiro atoms. The molecule has 4 heterocycles. The van der Waals surface area contributed by atoms with Gasteiger partial charge in [-0.2, -0.15) is 0 Å². The second-order valence-corrected chi connectivity index (χ2v) is 8.92. The molecule has 8 nitrogen and oxygen atoms in total. The van der Waals surface area contributed by atoms with Gasteiger partial charge in [-0.05, 0) is 50.1 Å². The molecule has 1 aromatic carbocycles. The van der Waals surface area contributed by atoms with Crippen LogP contribution in [0.2, 0.25) is 0 Å². The highest BCUT2D eigenvalue weighted by Crippen LogP contribution is 2.38. The standard InChI is InChI=1S/C24H24N4O4S/c1-15-24(30)28(13-22(29)26-12-17-5-4-10-31-17)20-11-16(7-8-21(20)32-15)19-14-33-23(27-19)18-6-2-3-9-25-18/h2-3,6-9,11,14-15,17H,4-5,10,12-13H2,1H3,(H,26,29). The summed E-state index contributed by atoms with van der Waals surface area (Å²) in [4.78, 5) is 36.1. The minimum Gasteiger partial charge on any atom is -0.479 e. The summed E-state index contributed by atoms with van der Waals surface area (Å²) in [7, 11) is 0. The number of ether oxygens (including phenoxy) is 2. The highest BCUT2D eigenvalue weighted by molar-refractivity contribution is 7.13. The number of benzene rings is 1. The zero-order valence-corrected chi connectivity index (χ0v) is 19.0. The van der Waals surface area contributed by atoms with Gasteiger partial charge in [0, 0.05) is 30.3 Å².